The second-order valence-corrected chi connectivity index (χ2v) is 5.57. The van der Waals surface area contributed by atoms with E-state index < -0.39 is 30.7 Å². The molecule has 0 radical (unpaired) electrons. The van der Waals surface area contributed by atoms with Crippen LogP contribution >= 0.6 is 0 Å². The minimum absolute atomic E-state index is 0.192. The number of rotatable bonds is 5. The molecule has 0 amide bonds. The Balaban J connectivity index is 2.10. The second-order valence-electron chi connectivity index (χ2n) is 5.57. The topological polar surface area (TPSA) is 99.4 Å². The molecule has 0 aromatic heterocycles. The van der Waals surface area contributed by atoms with E-state index in [0.717, 1.165) is 5.56 Å². The van der Waals surface area contributed by atoms with E-state index in [1.807, 2.05) is 30.3 Å². The summed E-state index contributed by atoms with van der Waals surface area (Å²) in [6.07, 6.45) is -6.15. The SMILES string of the molecule is CC(C)=C(O)C(O)[C@H]1O[C@H](O)[C@H](O)[C@H]1OCc1ccccc1. The van der Waals surface area contributed by atoms with Crippen LogP contribution < -0.4 is 0 Å². The Morgan fingerprint density at radius 3 is 2.45 bits per heavy atom. The lowest BCUT2D eigenvalue weighted by atomic mass is 10.0. The Kier molecular flexibility index (Phi) is 5.55. The molecule has 1 aromatic rings. The maximum absolute atomic E-state index is 10.2. The van der Waals surface area contributed by atoms with Gasteiger partial charge in [0.15, 0.2) is 6.29 Å². The van der Waals surface area contributed by atoms with Gasteiger partial charge in [-0.05, 0) is 25.0 Å². The predicted octanol–water partition coefficient (Wildman–Crippen LogP) is 0.863. The normalized spacial score (nSPS) is 29.3. The summed E-state index contributed by atoms with van der Waals surface area (Å²) >= 11 is 0. The van der Waals surface area contributed by atoms with Crippen molar-refractivity contribution in [2.75, 3.05) is 0 Å². The zero-order chi connectivity index (χ0) is 16.3. The van der Waals surface area contributed by atoms with Crippen LogP contribution in [0, 0.1) is 0 Å². The van der Waals surface area contributed by atoms with Gasteiger partial charge in [0.1, 0.15) is 30.2 Å². The number of hydrogen-bond donors (Lipinski definition) is 4. The molecule has 0 bridgehead atoms. The predicted molar refractivity (Wildman–Crippen MR) is 78.9 cm³/mol. The molecule has 4 N–H and O–H groups in total. The monoisotopic (exact) mass is 310 g/mol. The molecule has 1 unspecified atom stereocenters. The highest BCUT2D eigenvalue weighted by molar-refractivity contribution is 5.14. The Morgan fingerprint density at radius 1 is 1.23 bits per heavy atom. The summed E-state index contributed by atoms with van der Waals surface area (Å²) in [4.78, 5) is 0. The summed E-state index contributed by atoms with van der Waals surface area (Å²) in [5, 5.41) is 39.6. The maximum atomic E-state index is 10.2. The van der Waals surface area contributed by atoms with Crippen LogP contribution in [0.25, 0.3) is 0 Å². The highest BCUT2D eigenvalue weighted by Crippen LogP contribution is 2.28. The first-order chi connectivity index (χ1) is 10.4. The number of benzene rings is 1. The van der Waals surface area contributed by atoms with Gasteiger partial charge in [-0.3, -0.25) is 0 Å². The van der Waals surface area contributed by atoms with Gasteiger partial charge in [-0.25, -0.2) is 0 Å². The lowest BCUT2D eigenvalue weighted by Gasteiger charge is -2.25. The molecule has 2 rings (SSSR count). The van der Waals surface area contributed by atoms with E-state index in [4.69, 9.17) is 9.47 Å². The molecule has 22 heavy (non-hydrogen) atoms. The number of aliphatic hydroxyl groups is 4. The van der Waals surface area contributed by atoms with Crippen molar-refractivity contribution in [3.8, 4) is 0 Å². The first-order valence-corrected chi connectivity index (χ1v) is 7.13. The molecule has 1 saturated heterocycles. The van der Waals surface area contributed by atoms with Gasteiger partial charge in [-0.15, -0.1) is 0 Å². The fraction of sp³-hybridized carbons (Fsp3) is 0.500. The number of hydrogen-bond acceptors (Lipinski definition) is 6. The Hall–Kier alpha value is -1.44. The highest BCUT2D eigenvalue weighted by Gasteiger charge is 2.48. The molecule has 0 aliphatic carbocycles. The quantitative estimate of drug-likeness (QED) is 0.602. The number of ether oxygens (including phenoxy) is 2. The minimum atomic E-state index is -1.47. The van der Waals surface area contributed by atoms with E-state index in [-0.39, 0.29) is 12.4 Å². The number of allylic oxidation sites excluding steroid dienone is 1. The van der Waals surface area contributed by atoms with E-state index in [2.05, 4.69) is 0 Å². The Morgan fingerprint density at radius 2 is 1.86 bits per heavy atom. The third-order valence-electron chi connectivity index (χ3n) is 3.64. The summed E-state index contributed by atoms with van der Waals surface area (Å²) in [5.74, 6) is -0.250. The molecule has 0 spiro atoms. The lowest BCUT2D eigenvalue weighted by molar-refractivity contribution is -0.145. The van der Waals surface area contributed by atoms with Crippen molar-refractivity contribution in [1.82, 2.24) is 0 Å². The van der Waals surface area contributed by atoms with Crippen LogP contribution in [0.5, 0.6) is 0 Å². The third-order valence-corrected chi connectivity index (χ3v) is 3.64. The van der Waals surface area contributed by atoms with E-state index in [9.17, 15) is 20.4 Å². The zero-order valence-corrected chi connectivity index (χ0v) is 12.6. The summed E-state index contributed by atoms with van der Waals surface area (Å²) in [5.41, 5.74) is 1.41. The molecule has 5 atom stereocenters. The molecular formula is C16H22O6. The van der Waals surface area contributed by atoms with Gasteiger partial charge in [0.2, 0.25) is 0 Å². The summed E-state index contributed by atoms with van der Waals surface area (Å²) in [6.45, 7) is 3.47. The van der Waals surface area contributed by atoms with E-state index in [1.54, 1.807) is 13.8 Å². The maximum Gasteiger partial charge on any atom is 0.184 e. The average Bonchev–Trinajstić information content (AvgIpc) is 2.80. The molecule has 1 heterocycles. The van der Waals surface area contributed by atoms with Crippen molar-refractivity contribution < 1.29 is 29.9 Å². The van der Waals surface area contributed by atoms with Gasteiger partial charge in [0, 0.05) is 0 Å². The largest absolute Gasteiger partial charge is 0.510 e. The van der Waals surface area contributed by atoms with Crippen LogP contribution in [0.4, 0.5) is 0 Å². The van der Waals surface area contributed by atoms with Gasteiger partial charge in [-0.1, -0.05) is 30.3 Å². The third kappa shape index (κ3) is 3.66. The van der Waals surface area contributed by atoms with Gasteiger partial charge < -0.3 is 29.9 Å². The van der Waals surface area contributed by atoms with Crippen LogP contribution in [-0.4, -0.2) is 51.1 Å². The zero-order valence-electron chi connectivity index (χ0n) is 12.6. The van der Waals surface area contributed by atoms with Crippen molar-refractivity contribution in [2.24, 2.45) is 0 Å². The van der Waals surface area contributed by atoms with Crippen LogP contribution in [0.15, 0.2) is 41.7 Å². The first-order valence-electron chi connectivity index (χ1n) is 7.13. The first kappa shape index (κ1) is 16.9. The fourth-order valence-corrected chi connectivity index (χ4v) is 2.34. The molecule has 1 aromatic carbocycles. The molecule has 6 heteroatoms. The average molecular weight is 310 g/mol. The molecule has 1 fully saturated rings. The van der Waals surface area contributed by atoms with Gasteiger partial charge in [0.05, 0.1) is 6.61 Å². The van der Waals surface area contributed by atoms with Gasteiger partial charge in [0.25, 0.3) is 0 Å². The second kappa shape index (κ2) is 7.21. The molecule has 6 nitrogen and oxygen atoms in total. The van der Waals surface area contributed by atoms with Crippen molar-refractivity contribution in [2.45, 2.75) is 51.2 Å². The van der Waals surface area contributed by atoms with Crippen LogP contribution in [0.1, 0.15) is 19.4 Å². The Labute approximate surface area is 129 Å². The smallest absolute Gasteiger partial charge is 0.184 e. The van der Waals surface area contributed by atoms with E-state index >= 15 is 0 Å². The minimum Gasteiger partial charge on any atom is -0.510 e. The summed E-state index contributed by atoms with van der Waals surface area (Å²) in [7, 11) is 0. The van der Waals surface area contributed by atoms with Crippen LogP contribution in [-0.2, 0) is 16.1 Å². The summed E-state index contributed by atoms with van der Waals surface area (Å²) in [6, 6.07) is 9.31. The van der Waals surface area contributed by atoms with E-state index in [0.29, 0.717) is 5.57 Å². The van der Waals surface area contributed by atoms with Crippen LogP contribution in [0.3, 0.4) is 0 Å². The molecular weight excluding hydrogens is 288 g/mol. The molecule has 1 aliphatic rings. The Bertz CT molecular complexity index is 511. The van der Waals surface area contributed by atoms with Gasteiger partial charge in [-0.2, -0.15) is 0 Å². The standard InChI is InChI=1S/C16H22O6/c1-9(2)11(17)12(18)15-14(13(19)16(20)22-15)21-8-10-6-4-3-5-7-10/h3-7,12-20H,8H2,1-2H3/t12?,13-,14-,15-,16+/m1/s1. The van der Waals surface area contributed by atoms with Crippen molar-refractivity contribution in [3.05, 3.63) is 47.2 Å². The lowest BCUT2D eigenvalue weighted by Crippen LogP contribution is -2.42. The molecule has 0 saturated carbocycles. The fourth-order valence-electron chi connectivity index (χ4n) is 2.34. The van der Waals surface area contributed by atoms with Crippen LogP contribution in [0.2, 0.25) is 0 Å². The van der Waals surface area contributed by atoms with Gasteiger partial charge >= 0.3 is 0 Å². The van der Waals surface area contributed by atoms with Crippen molar-refractivity contribution in [3.63, 3.8) is 0 Å². The van der Waals surface area contributed by atoms with Crippen molar-refractivity contribution >= 4 is 0 Å². The summed E-state index contributed by atoms with van der Waals surface area (Å²) < 4.78 is 10.8. The highest BCUT2D eigenvalue weighted by atomic mass is 16.7. The molecule has 1 aliphatic heterocycles. The van der Waals surface area contributed by atoms with Crippen molar-refractivity contribution in [1.29, 1.82) is 0 Å². The van der Waals surface area contributed by atoms with E-state index in [1.165, 1.54) is 0 Å². The number of aliphatic hydroxyl groups excluding tert-OH is 4. The molecule has 122 valence electrons.